The Balaban J connectivity index is 1.69. The highest BCUT2D eigenvalue weighted by Gasteiger charge is 2.22. The summed E-state index contributed by atoms with van der Waals surface area (Å²) in [5, 5.41) is 4.54. The minimum absolute atomic E-state index is 0.285. The first-order chi connectivity index (χ1) is 9.24. The second-order valence-corrected chi connectivity index (χ2v) is 5.69. The minimum atomic E-state index is 0.285. The molecule has 0 bridgehead atoms. The van der Waals surface area contributed by atoms with Gasteiger partial charge in [0.1, 0.15) is 0 Å². The Bertz CT molecular complexity index is 554. The third kappa shape index (κ3) is 2.68. The van der Waals surface area contributed by atoms with Crippen LogP contribution in [0.15, 0.2) is 48.5 Å². The molecule has 3 rings (SSSR count). The van der Waals surface area contributed by atoms with Crippen LogP contribution < -0.4 is 5.32 Å². The van der Waals surface area contributed by atoms with E-state index in [1.54, 1.807) is 0 Å². The summed E-state index contributed by atoms with van der Waals surface area (Å²) >= 11 is 6.25. The summed E-state index contributed by atoms with van der Waals surface area (Å²) in [5.41, 5.74) is 4.14. The van der Waals surface area contributed by atoms with E-state index in [1.807, 2.05) is 18.2 Å². The van der Waals surface area contributed by atoms with Crippen LogP contribution in [0.4, 0.5) is 0 Å². The minimum Gasteiger partial charge on any atom is -0.307 e. The molecule has 1 atom stereocenters. The second-order valence-electron chi connectivity index (χ2n) is 5.28. The van der Waals surface area contributed by atoms with E-state index in [9.17, 15) is 0 Å². The normalized spacial score (nSPS) is 16.3. The van der Waals surface area contributed by atoms with Gasteiger partial charge in [-0.25, -0.2) is 0 Å². The van der Waals surface area contributed by atoms with Crippen LogP contribution in [0.25, 0.3) is 0 Å². The van der Waals surface area contributed by atoms with Crippen molar-refractivity contribution < 1.29 is 0 Å². The third-order valence-electron chi connectivity index (χ3n) is 3.91. The van der Waals surface area contributed by atoms with Gasteiger partial charge in [-0.05, 0) is 42.5 Å². The van der Waals surface area contributed by atoms with Crippen molar-refractivity contribution in [1.29, 1.82) is 0 Å². The van der Waals surface area contributed by atoms with Gasteiger partial charge in [0.2, 0.25) is 0 Å². The molecule has 1 aliphatic rings. The zero-order valence-corrected chi connectivity index (χ0v) is 11.8. The van der Waals surface area contributed by atoms with Crippen LogP contribution in [0.2, 0.25) is 5.02 Å². The van der Waals surface area contributed by atoms with Gasteiger partial charge in [-0.2, -0.15) is 0 Å². The van der Waals surface area contributed by atoms with Crippen molar-refractivity contribution in [2.24, 2.45) is 0 Å². The van der Waals surface area contributed by atoms with Crippen LogP contribution >= 0.6 is 11.6 Å². The van der Waals surface area contributed by atoms with Crippen molar-refractivity contribution in [3.8, 4) is 0 Å². The number of benzene rings is 2. The number of rotatable bonds is 3. The molecule has 0 spiro atoms. The summed E-state index contributed by atoms with van der Waals surface area (Å²) in [6.45, 7) is 2.18. The first-order valence-corrected chi connectivity index (χ1v) is 7.19. The number of hydrogen-bond donors (Lipinski definition) is 1. The van der Waals surface area contributed by atoms with Gasteiger partial charge in [0, 0.05) is 17.1 Å². The second kappa shape index (κ2) is 5.36. The highest BCUT2D eigenvalue weighted by molar-refractivity contribution is 6.31. The molecule has 2 heteroatoms. The largest absolute Gasteiger partial charge is 0.307 e. The van der Waals surface area contributed by atoms with E-state index in [-0.39, 0.29) is 6.04 Å². The highest BCUT2D eigenvalue weighted by Crippen LogP contribution is 2.26. The Morgan fingerprint density at radius 2 is 1.58 bits per heavy atom. The van der Waals surface area contributed by atoms with Crippen molar-refractivity contribution in [1.82, 2.24) is 5.32 Å². The zero-order chi connectivity index (χ0) is 13.2. The Hall–Kier alpha value is -1.31. The van der Waals surface area contributed by atoms with Crippen LogP contribution in [0.3, 0.4) is 0 Å². The molecule has 1 aliphatic carbocycles. The lowest BCUT2D eigenvalue weighted by Gasteiger charge is -2.20. The van der Waals surface area contributed by atoms with Gasteiger partial charge in [0.15, 0.2) is 0 Å². The van der Waals surface area contributed by atoms with Gasteiger partial charge in [0.25, 0.3) is 0 Å². The maximum absolute atomic E-state index is 6.25. The van der Waals surface area contributed by atoms with E-state index in [1.165, 1.54) is 16.7 Å². The van der Waals surface area contributed by atoms with Crippen molar-refractivity contribution in [2.45, 2.75) is 31.8 Å². The molecule has 0 saturated heterocycles. The lowest BCUT2D eigenvalue weighted by atomic mass is 10.1. The molecule has 0 aromatic heterocycles. The van der Waals surface area contributed by atoms with E-state index in [2.05, 4.69) is 42.6 Å². The Labute approximate surface area is 119 Å². The number of nitrogens with one attached hydrogen (secondary N) is 1. The molecule has 2 aromatic carbocycles. The third-order valence-corrected chi connectivity index (χ3v) is 4.25. The van der Waals surface area contributed by atoms with Gasteiger partial charge in [-0.1, -0.05) is 54.1 Å². The molecule has 1 N–H and O–H groups in total. The first kappa shape index (κ1) is 12.7. The fourth-order valence-corrected chi connectivity index (χ4v) is 3.25. The van der Waals surface area contributed by atoms with Crippen LogP contribution in [0.1, 0.15) is 29.7 Å². The zero-order valence-electron chi connectivity index (χ0n) is 11.1. The fourth-order valence-electron chi connectivity index (χ4n) is 2.95. The van der Waals surface area contributed by atoms with E-state index in [0.29, 0.717) is 6.04 Å². The average Bonchev–Trinajstić information content (AvgIpc) is 2.81. The lowest BCUT2D eigenvalue weighted by Crippen LogP contribution is -2.32. The molecule has 19 heavy (non-hydrogen) atoms. The molecule has 0 unspecified atom stereocenters. The molecule has 0 radical (unpaired) electrons. The summed E-state index contributed by atoms with van der Waals surface area (Å²) in [7, 11) is 0. The van der Waals surface area contributed by atoms with Crippen LogP contribution in [-0.2, 0) is 12.8 Å². The van der Waals surface area contributed by atoms with Crippen molar-refractivity contribution in [3.63, 3.8) is 0 Å². The van der Waals surface area contributed by atoms with Crippen LogP contribution in [-0.4, -0.2) is 6.04 Å². The lowest BCUT2D eigenvalue weighted by molar-refractivity contribution is 0.467. The number of hydrogen-bond acceptors (Lipinski definition) is 1. The smallest absolute Gasteiger partial charge is 0.0453 e. The predicted octanol–water partition coefficient (Wildman–Crippen LogP) is 4.16. The maximum Gasteiger partial charge on any atom is 0.0453 e. The molecular weight excluding hydrogens is 254 g/mol. The molecule has 0 heterocycles. The number of halogens is 1. The van der Waals surface area contributed by atoms with E-state index in [4.69, 9.17) is 11.6 Å². The first-order valence-electron chi connectivity index (χ1n) is 6.81. The Morgan fingerprint density at radius 3 is 2.21 bits per heavy atom. The molecule has 0 amide bonds. The summed E-state index contributed by atoms with van der Waals surface area (Å²) < 4.78 is 0. The summed E-state index contributed by atoms with van der Waals surface area (Å²) in [6.07, 6.45) is 2.23. The Morgan fingerprint density at radius 1 is 1.00 bits per heavy atom. The van der Waals surface area contributed by atoms with E-state index >= 15 is 0 Å². The van der Waals surface area contributed by atoms with Gasteiger partial charge in [0.05, 0.1) is 0 Å². The summed E-state index contributed by atoms with van der Waals surface area (Å²) in [4.78, 5) is 0. The SMILES string of the molecule is C[C@H](NC1Cc2ccccc2C1)c1ccccc1Cl. The molecular formula is C17H18ClN. The molecule has 0 fully saturated rings. The van der Waals surface area contributed by atoms with E-state index < -0.39 is 0 Å². The summed E-state index contributed by atoms with van der Waals surface area (Å²) in [6, 6.07) is 17.6. The molecule has 0 aliphatic heterocycles. The molecule has 0 saturated carbocycles. The monoisotopic (exact) mass is 271 g/mol. The predicted molar refractivity (Wildman–Crippen MR) is 80.6 cm³/mol. The van der Waals surface area contributed by atoms with Gasteiger partial charge in [-0.3, -0.25) is 0 Å². The maximum atomic E-state index is 6.25. The number of fused-ring (bicyclic) bond motifs is 1. The standard InChI is InChI=1S/C17H18ClN/c1-12(16-8-4-5-9-17(16)18)19-15-10-13-6-2-3-7-14(13)11-15/h2-9,12,15,19H,10-11H2,1H3/t12-/m0/s1. The Kier molecular flexibility index (Phi) is 3.58. The molecule has 1 nitrogen and oxygen atoms in total. The van der Waals surface area contributed by atoms with Crippen molar-refractivity contribution in [3.05, 3.63) is 70.2 Å². The molecule has 98 valence electrons. The molecule has 2 aromatic rings. The van der Waals surface area contributed by atoms with Crippen molar-refractivity contribution in [2.75, 3.05) is 0 Å². The van der Waals surface area contributed by atoms with Crippen molar-refractivity contribution >= 4 is 11.6 Å². The average molecular weight is 272 g/mol. The van der Waals surface area contributed by atoms with Gasteiger partial charge >= 0.3 is 0 Å². The topological polar surface area (TPSA) is 12.0 Å². The van der Waals surface area contributed by atoms with E-state index in [0.717, 1.165) is 17.9 Å². The highest BCUT2D eigenvalue weighted by atomic mass is 35.5. The van der Waals surface area contributed by atoms with Gasteiger partial charge in [-0.15, -0.1) is 0 Å². The quantitative estimate of drug-likeness (QED) is 0.884. The van der Waals surface area contributed by atoms with Crippen LogP contribution in [0.5, 0.6) is 0 Å². The van der Waals surface area contributed by atoms with Crippen LogP contribution in [0, 0.1) is 0 Å². The fraction of sp³-hybridized carbons (Fsp3) is 0.294. The van der Waals surface area contributed by atoms with Gasteiger partial charge < -0.3 is 5.32 Å². The summed E-state index contributed by atoms with van der Waals surface area (Å²) in [5.74, 6) is 0.